The first-order valence-corrected chi connectivity index (χ1v) is 4.52. The Balaban J connectivity index is 2.59. The van der Waals surface area contributed by atoms with Crippen molar-refractivity contribution in [2.45, 2.75) is 6.92 Å². The fourth-order valence-corrected chi connectivity index (χ4v) is 1.41. The number of halogens is 1. The molecule has 76 valence electrons. The highest BCUT2D eigenvalue weighted by Gasteiger charge is 2.06. The number of anilines is 1. The van der Waals surface area contributed by atoms with E-state index in [2.05, 4.69) is 9.97 Å². The van der Waals surface area contributed by atoms with Crippen LogP contribution in [0.5, 0.6) is 0 Å². The van der Waals surface area contributed by atoms with Gasteiger partial charge in [-0.15, -0.1) is 0 Å². The fraction of sp³-hybridized carbons (Fsp3) is 0.0909. The fourth-order valence-electron chi connectivity index (χ4n) is 1.41. The van der Waals surface area contributed by atoms with Crippen LogP contribution in [0, 0.1) is 12.7 Å². The Labute approximate surface area is 86.8 Å². The summed E-state index contributed by atoms with van der Waals surface area (Å²) < 4.78 is 13.3. The number of nitrogens with zero attached hydrogens (tertiary/aromatic N) is 2. The van der Waals surface area contributed by atoms with Crippen molar-refractivity contribution in [3.05, 3.63) is 41.8 Å². The topological polar surface area (TPSA) is 51.8 Å². The molecule has 0 saturated carbocycles. The van der Waals surface area contributed by atoms with Gasteiger partial charge in [-0.1, -0.05) is 12.1 Å². The standard InChI is InChI=1S/C11H10FN3/c1-7-8(3-2-4-9(7)12)10-5-6-14-11(13)15-10/h2-6H,1H3,(H2,13,14,15). The van der Waals surface area contributed by atoms with Crippen molar-refractivity contribution in [1.82, 2.24) is 9.97 Å². The third kappa shape index (κ3) is 1.79. The van der Waals surface area contributed by atoms with E-state index in [1.165, 1.54) is 6.07 Å². The quantitative estimate of drug-likeness (QED) is 0.772. The predicted octanol–water partition coefficient (Wildman–Crippen LogP) is 2.17. The van der Waals surface area contributed by atoms with Crippen LogP contribution < -0.4 is 5.73 Å². The van der Waals surface area contributed by atoms with Gasteiger partial charge in [0.15, 0.2) is 0 Å². The molecule has 2 aromatic rings. The number of aromatic nitrogens is 2. The summed E-state index contributed by atoms with van der Waals surface area (Å²) in [5, 5.41) is 0. The Hall–Kier alpha value is -1.97. The van der Waals surface area contributed by atoms with Crippen molar-refractivity contribution in [3.8, 4) is 11.3 Å². The zero-order valence-electron chi connectivity index (χ0n) is 8.24. The minimum Gasteiger partial charge on any atom is -0.368 e. The van der Waals surface area contributed by atoms with Crippen LogP contribution >= 0.6 is 0 Å². The van der Waals surface area contributed by atoms with Gasteiger partial charge in [0.1, 0.15) is 5.82 Å². The van der Waals surface area contributed by atoms with Crippen LogP contribution in [0.1, 0.15) is 5.56 Å². The predicted molar refractivity (Wildman–Crippen MR) is 56.6 cm³/mol. The molecule has 4 heteroatoms. The molecule has 0 aliphatic carbocycles. The summed E-state index contributed by atoms with van der Waals surface area (Å²) in [5.74, 6) is -0.0548. The maximum Gasteiger partial charge on any atom is 0.220 e. The van der Waals surface area contributed by atoms with Gasteiger partial charge in [0.05, 0.1) is 5.69 Å². The van der Waals surface area contributed by atoms with E-state index < -0.39 is 0 Å². The van der Waals surface area contributed by atoms with Crippen LogP contribution in [0.4, 0.5) is 10.3 Å². The van der Waals surface area contributed by atoms with Crippen LogP contribution in [0.2, 0.25) is 0 Å². The summed E-state index contributed by atoms with van der Waals surface area (Å²) >= 11 is 0. The van der Waals surface area contributed by atoms with Gasteiger partial charge in [0.25, 0.3) is 0 Å². The molecule has 1 aromatic heterocycles. The third-order valence-corrected chi connectivity index (χ3v) is 2.22. The summed E-state index contributed by atoms with van der Waals surface area (Å²) in [4.78, 5) is 7.84. The SMILES string of the molecule is Cc1c(F)cccc1-c1ccnc(N)n1. The molecule has 1 heterocycles. The number of nitrogen functional groups attached to an aromatic ring is 1. The lowest BCUT2D eigenvalue weighted by Crippen LogP contribution is -1.96. The maximum atomic E-state index is 13.3. The highest BCUT2D eigenvalue weighted by atomic mass is 19.1. The van der Waals surface area contributed by atoms with Crippen molar-refractivity contribution in [2.75, 3.05) is 5.73 Å². The number of hydrogen-bond acceptors (Lipinski definition) is 3. The van der Waals surface area contributed by atoms with Gasteiger partial charge in [0.2, 0.25) is 5.95 Å². The molecule has 2 rings (SSSR count). The monoisotopic (exact) mass is 203 g/mol. The van der Waals surface area contributed by atoms with Crippen molar-refractivity contribution in [3.63, 3.8) is 0 Å². The number of benzene rings is 1. The lowest BCUT2D eigenvalue weighted by atomic mass is 10.1. The van der Waals surface area contributed by atoms with E-state index >= 15 is 0 Å². The highest BCUT2D eigenvalue weighted by Crippen LogP contribution is 2.23. The molecule has 2 N–H and O–H groups in total. The second-order valence-corrected chi connectivity index (χ2v) is 3.21. The van der Waals surface area contributed by atoms with Gasteiger partial charge in [-0.25, -0.2) is 14.4 Å². The molecule has 0 spiro atoms. The molecule has 0 fully saturated rings. The molecule has 3 nitrogen and oxygen atoms in total. The summed E-state index contributed by atoms with van der Waals surface area (Å²) in [7, 11) is 0. The molecular weight excluding hydrogens is 193 g/mol. The minimum atomic E-state index is -0.246. The molecule has 0 saturated heterocycles. The molecule has 0 bridgehead atoms. The molecule has 0 radical (unpaired) electrons. The second-order valence-electron chi connectivity index (χ2n) is 3.21. The Kier molecular flexibility index (Phi) is 2.33. The largest absolute Gasteiger partial charge is 0.368 e. The van der Waals surface area contributed by atoms with E-state index in [4.69, 9.17) is 5.73 Å². The van der Waals surface area contributed by atoms with Crippen LogP contribution in [0.3, 0.4) is 0 Å². The van der Waals surface area contributed by atoms with Crippen molar-refractivity contribution >= 4 is 5.95 Å². The van der Waals surface area contributed by atoms with Crippen LogP contribution in [0.25, 0.3) is 11.3 Å². The molecule has 0 aliphatic heterocycles. The summed E-state index contributed by atoms with van der Waals surface area (Å²) in [6.07, 6.45) is 1.56. The smallest absolute Gasteiger partial charge is 0.220 e. The molecule has 0 amide bonds. The zero-order valence-corrected chi connectivity index (χ0v) is 8.24. The summed E-state index contributed by atoms with van der Waals surface area (Å²) in [5.41, 5.74) is 7.41. The molecular formula is C11H10FN3. The van der Waals surface area contributed by atoms with E-state index in [-0.39, 0.29) is 11.8 Å². The van der Waals surface area contributed by atoms with E-state index in [0.717, 1.165) is 5.56 Å². The first-order chi connectivity index (χ1) is 7.18. The third-order valence-electron chi connectivity index (χ3n) is 2.22. The van der Waals surface area contributed by atoms with E-state index in [1.807, 2.05) is 0 Å². The van der Waals surface area contributed by atoms with E-state index in [1.54, 1.807) is 31.3 Å². The normalized spacial score (nSPS) is 10.3. The average Bonchev–Trinajstić information content (AvgIpc) is 2.22. The van der Waals surface area contributed by atoms with Gasteiger partial charge >= 0.3 is 0 Å². The molecule has 0 unspecified atom stereocenters. The van der Waals surface area contributed by atoms with Gasteiger partial charge in [-0.05, 0) is 24.6 Å². The summed E-state index contributed by atoms with van der Waals surface area (Å²) in [6.45, 7) is 1.71. The maximum absolute atomic E-state index is 13.3. The van der Waals surface area contributed by atoms with Gasteiger partial charge in [-0.2, -0.15) is 0 Å². The van der Waals surface area contributed by atoms with Gasteiger partial charge < -0.3 is 5.73 Å². The number of nitrogens with two attached hydrogens (primary N) is 1. The second kappa shape index (κ2) is 3.65. The highest BCUT2D eigenvalue weighted by molar-refractivity contribution is 5.63. The van der Waals surface area contributed by atoms with Crippen LogP contribution in [0.15, 0.2) is 30.5 Å². The number of hydrogen-bond donors (Lipinski definition) is 1. The Morgan fingerprint density at radius 3 is 2.80 bits per heavy atom. The molecule has 0 aliphatic rings. The zero-order chi connectivity index (χ0) is 10.8. The minimum absolute atomic E-state index is 0.191. The molecule has 1 aromatic carbocycles. The lowest BCUT2D eigenvalue weighted by molar-refractivity contribution is 0.619. The molecule has 0 atom stereocenters. The Morgan fingerprint density at radius 1 is 1.27 bits per heavy atom. The Bertz CT molecular complexity index is 497. The first-order valence-electron chi connectivity index (χ1n) is 4.52. The van der Waals surface area contributed by atoms with Crippen molar-refractivity contribution in [1.29, 1.82) is 0 Å². The van der Waals surface area contributed by atoms with E-state index in [0.29, 0.717) is 11.3 Å². The number of rotatable bonds is 1. The van der Waals surface area contributed by atoms with Crippen molar-refractivity contribution < 1.29 is 4.39 Å². The first kappa shape index (κ1) is 9.58. The van der Waals surface area contributed by atoms with Crippen molar-refractivity contribution in [2.24, 2.45) is 0 Å². The average molecular weight is 203 g/mol. The lowest BCUT2D eigenvalue weighted by Gasteiger charge is -2.05. The Morgan fingerprint density at radius 2 is 2.07 bits per heavy atom. The van der Waals surface area contributed by atoms with Crippen LogP contribution in [-0.4, -0.2) is 9.97 Å². The van der Waals surface area contributed by atoms with E-state index in [9.17, 15) is 4.39 Å². The van der Waals surface area contributed by atoms with Gasteiger partial charge in [0, 0.05) is 11.8 Å². The van der Waals surface area contributed by atoms with Crippen LogP contribution in [-0.2, 0) is 0 Å². The van der Waals surface area contributed by atoms with Gasteiger partial charge in [-0.3, -0.25) is 0 Å². The molecule has 15 heavy (non-hydrogen) atoms. The summed E-state index contributed by atoms with van der Waals surface area (Å²) in [6, 6.07) is 6.58.